The second-order valence-corrected chi connectivity index (χ2v) is 3.54. The summed E-state index contributed by atoms with van der Waals surface area (Å²) in [6.45, 7) is 0. The Morgan fingerprint density at radius 1 is 1.40 bits per heavy atom. The summed E-state index contributed by atoms with van der Waals surface area (Å²) in [5.41, 5.74) is 5.67. The number of amides is 2. The van der Waals surface area contributed by atoms with E-state index >= 15 is 0 Å². The van der Waals surface area contributed by atoms with Crippen molar-refractivity contribution in [3.8, 4) is 0 Å². The Hall–Kier alpha value is -1.91. The second-order valence-electron chi connectivity index (χ2n) is 3.54. The summed E-state index contributed by atoms with van der Waals surface area (Å²) in [6.07, 6.45) is 3.38. The Labute approximate surface area is 86.7 Å². The van der Waals surface area contributed by atoms with Gasteiger partial charge in [-0.15, -0.1) is 0 Å². The van der Waals surface area contributed by atoms with E-state index in [2.05, 4.69) is 10.3 Å². The molecule has 3 N–H and O–H groups in total. The molecule has 1 aromatic rings. The lowest BCUT2D eigenvalue weighted by atomic mass is 10.2. The predicted molar refractivity (Wildman–Crippen MR) is 53.2 cm³/mol. The monoisotopic (exact) mass is 205 g/mol. The highest BCUT2D eigenvalue weighted by Gasteiger charge is 2.24. The minimum Gasteiger partial charge on any atom is -0.366 e. The molecule has 1 fully saturated rings. The first-order chi connectivity index (χ1) is 7.16. The van der Waals surface area contributed by atoms with Crippen LogP contribution in [0.4, 0.5) is 0 Å². The molecule has 0 spiro atoms. The number of nitrogens with one attached hydrogen (secondary N) is 1. The van der Waals surface area contributed by atoms with Crippen LogP contribution >= 0.6 is 0 Å². The third kappa shape index (κ3) is 2.31. The normalized spacial score (nSPS) is 14.7. The molecule has 0 aliphatic heterocycles. The molecule has 1 aliphatic carbocycles. The Morgan fingerprint density at radius 2 is 2.13 bits per heavy atom. The molecule has 0 radical (unpaired) electrons. The van der Waals surface area contributed by atoms with Gasteiger partial charge in [0.1, 0.15) is 5.69 Å². The quantitative estimate of drug-likeness (QED) is 0.732. The van der Waals surface area contributed by atoms with E-state index in [-0.39, 0.29) is 5.91 Å². The average molecular weight is 205 g/mol. The summed E-state index contributed by atoms with van der Waals surface area (Å²) in [4.78, 5) is 26.1. The minimum absolute atomic E-state index is 0.200. The molecule has 5 heteroatoms. The molecule has 0 atom stereocenters. The summed E-state index contributed by atoms with van der Waals surface area (Å²) in [5, 5.41) is 2.80. The zero-order valence-electron chi connectivity index (χ0n) is 8.06. The van der Waals surface area contributed by atoms with Gasteiger partial charge in [0.05, 0.1) is 5.56 Å². The SMILES string of the molecule is NC(=O)c1ccc(C(=O)NC2CC2)nc1. The summed E-state index contributed by atoms with van der Waals surface area (Å²) < 4.78 is 0. The fraction of sp³-hybridized carbons (Fsp3) is 0.300. The number of hydrogen-bond acceptors (Lipinski definition) is 3. The second kappa shape index (κ2) is 3.68. The van der Waals surface area contributed by atoms with Gasteiger partial charge in [0.25, 0.3) is 5.91 Å². The van der Waals surface area contributed by atoms with Gasteiger partial charge in [-0.1, -0.05) is 0 Å². The molecule has 0 bridgehead atoms. The molecule has 0 unspecified atom stereocenters. The highest BCUT2D eigenvalue weighted by molar-refractivity contribution is 5.95. The summed E-state index contributed by atoms with van der Waals surface area (Å²) in [6, 6.07) is 3.30. The smallest absolute Gasteiger partial charge is 0.270 e. The first-order valence-corrected chi connectivity index (χ1v) is 4.73. The van der Waals surface area contributed by atoms with Gasteiger partial charge in [-0.2, -0.15) is 0 Å². The molecular weight excluding hydrogens is 194 g/mol. The standard InChI is InChI=1S/C10H11N3O2/c11-9(14)6-1-4-8(12-5-6)10(15)13-7-2-3-7/h1,4-5,7H,2-3H2,(H2,11,14)(H,13,15). The van der Waals surface area contributed by atoms with Gasteiger partial charge in [0.2, 0.25) is 5.91 Å². The zero-order chi connectivity index (χ0) is 10.8. The van der Waals surface area contributed by atoms with Crippen molar-refractivity contribution in [3.05, 3.63) is 29.6 Å². The number of carbonyl (C=O) groups excluding carboxylic acids is 2. The number of hydrogen-bond donors (Lipinski definition) is 2. The highest BCUT2D eigenvalue weighted by atomic mass is 16.2. The van der Waals surface area contributed by atoms with E-state index in [1.54, 1.807) is 0 Å². The fourth-order valence-electron chi connectivity index (χ4n) is 1.16. The van der Waals surface area contributed by atoms with Crippen LogP contribution in [-0.2, 0) is 0 Å². The van der Waals surface area contributed by atoms with Crippen LogP contribution in [0, 0.1) is 0 Å². The number of rotatable bonds is 3. The van der Waals surface area contributed by atoms with Crippen LogP contribution in [0.5, 0.6) is 0 Å². The third-order valence-corrected chi connectivity index (χ3v) is 2.19. The van der Waals surface area contributed by atoms with E-state index in [4.69, 9.17) is 5.73 Å². The largest absolute Gasteiger partial charge is 0.366 e. The number of nitrogens with zero attached hydrogens (tertiary/aromatic N) is 1. The maximum Gasteiger partial charge on any atom is 0.270 e. The van der Waals surface area contributed by atoms with Crippen molar-refractivity contribution in [2.75, 3.05) is 0 Å². The summed E-state index contributed by atoms with van der Waals surface area (Å²) >= 11 is 0. The molecule has 0 aromatic carbocycles. The maximum atomic E-state index is 11.5. The lowest BCUT2D eigenvalue weighted by Crippen LogP contribution is -2.26. The number of pyridine rings is 1. The van der Waals surface area contributed by atoms with Crippen LogP contribution in [-0.4, -0.2) is 22.8 Å². The lowest BCUT2D eigenvalue weighted by molar-refractivity contribution is 0.0943. The van der Waals surface area contributed by atoms with Crippen LogP contribution in [0.3, 0.4) is 0 Å². The number of aromatic nitrogens is 1. The van der Waals surface area contributed by atoms with Gasteiger partial charge >= 0.3 is 0 Å². The Kier molecular flexibility index (Phi) is 2.37. The summed E-state index contributed by atoms with van der Waals surface area (Å²) in [5.74, 6) is -0.745. The highest BCUT2D eigenvalue weighted by Crippen LogP contribution is 2.19. The summed E-state index contributed by atoms with van der Waals surface area (Å²) in [7, 11) is 0. The number of primary amides is 1. The molecular formula is C10H11N3O2. The molecule has 1 aromatic heterocycles. The van der Waals surface area contributed by atoms with Gasteiger partial charge in [0.15, 0.2) is 0 Å². The Balaban J connectivity index is 2.08. The third-order valence-electron chi connectivity index (χ3n) is 2.19. The van der Waals surface area contributed by atoms with E-state index in [1.165, 1.54) is 18.3 Å². The van der Waals surface area contributed by atoms with Crippen molar-refractivity contribution in [2.24, 2.45) is 5.73 Å². The molecule has 1 aliphatic rings. The van der Waals surface area contributed by atoms with Gasteiger partial charge in [-0.3, -0.25) is 14.6 Å². The average Bonchev–Trinajstić information content (AvgIpc) is 3.02. The van der Waals surface area contributed by atoms with Crippen molar-refractivity contribution in [2.45, 2.75) is 18.9 Å². The zero-order valence-corrected chi connectivity index (χ0v) is 8.06. The fourth-order valence-corrected chi connectivity index (χ4v) is 1.16. The van der Waals surface area contributed by atoms with E-state index in [0.29, 0.717) is 17.3 Å². The van der Waals surface area contributed by atoms with E-state index < -0.39 is 5.91 Å². The molecule has 78 valence electrons. The molecule has 1 saturated carbocycles. The molecule has 5 nitrogen and oxygen atoms in total. The first kappa shape index (κ1) is 9.64. The van der Waals surface area contributed by atoms with E-state index in [9.17, 15) is 9.59 Å². The van der Waals surface area contributed by atoms with Crippen LogP contribution in [0.25, 0.3) is 0 Å². The maximum absolute atomic E-state index is 11.5. The molecule has 2 amide bonds. The topological polar surface area (TPSA) is 85.1 Å². The van der Waals surface area contributed by atoms with Crippen molar-refractivity contribution >= 4 is 11.8 Å². The van der Waals surface area contributed by atoms with Gasteiger partial charge in [-0.05, 0) is 25.0 Å². The predicted octanol–water partition coefficient (Wildman–Crippen LogP) is 0.0727. The minimum atomic E-state index is -0.545. The molecule has 0 saturated heterocycles. The number of nitrogens with two attached hydrogens (primary N) is 1. The molecule has 1 heterocycles. The van der Waals surface area contributed by atoms with Crippen molar-refractivity contribution in [1.29, 1.82) is 0 Å². The van der Waals surface area contributed by atoms with Crippen LogP contribution in [0.2, 0.25) is 0 Å². The first-order valence-electron chi connectivity index (χ1n) is 4.73. The van der Waals surface area contributed by atoms with Crippen LogP contribution in [0.15, 0.2) is 18.3 Å². The number of carbonyl (C=O) groups is 2. The Bertz CT molecular complexity index is 396. The van der Waals surface area contributed by atoms with Gasteiger partial charge < -0.3 is 11.1 Å². The Morgan fingerprint density at radius 3 is 2.60 bits per heavy atom. The van der Waals surface area contributed by atoms with Crippen molar-refractivity contribution in [3.63, 3.8) is 0 Å². The van der Waals surface area contributed by atoms with Gasteiger partial charge in [-0.25, -0.2) is 0 Å². The van der Waals surface area contributed by atoms with Crippen molar-refractivity contribution in [1.82, 2.24) is 10.3 Å². The van der Waals surface area contributed by atoms with E-state index in [1.807, 2.05) is 0 Å². The molecule has 15 heavy (non-hydrogen) atoms. The van der Waals surface area contributed by atoms with Gasteiger partial charge in [0, 0.05) is 12.2 Å². The van der Waals surface area contributed by atoms with Crippen LogP contribution in [0.1, 0.15) is 33.7 Å². The van der Waals surface area contributed by atoms with E-state index in [0.717, 1.165) is 12.8 Å². The van der Waals surface area contributed by atoms with Crippen LogP contribution < -0.4 is 11.1 Å². The van der Waals surface area contributed by atoms with Crippen molar-refractivity contribution < 1.29 is 9.59 Å². The molecule has 2 rings (SSSR count). The lowest BCUT2D eigenvalue weighted by Gasteiger charge is -2.02.